The summed E-state index contributed by atoms with van der Waals surface area (Å²) in [4.78, 5) is 22.4. The number of rotatable bonds is 5. The highest BCUT2D eigenvalue weighted by Crippen LogP contribution is 2.30. The molecule has 0 heterocycles. The molecular formula is C14H18N2O4. The van der Waals surface area contributed by atoms with E-state index in [4.69, 9.17) is 5.11 Å². The molecular weight excluding hydrogens is 260 g/mol. The number of carboxylic acids is 1. The molecule has 0 atom stereocenters. The number of hydrogen-bond acceptors (Lipinski definition) is 3. The lowest BCUT2D eigenvalue weighted by Gasteiger charge is -2.40. The van der Waals surface area contributed by atoms with Gasteiger partial charge in [0.2, 0.25) is 0 Å². The Bertz CT molecular complexity index is 489. The van der Waals surface area contributed by atoms with Gasteiger partial charge in [-0.3, -0.25) is 0 Å². The lowest BCUT2D eigenvalue weighted by molar-refractivity contribution is 0.0697. The molecule has 1 aromatic rings. The summed E-state index contributed by atoms with van der Waals surface area (Å²) in [6, 6.07) is 6.00. The molecule has 0 spiro atoms. The number of aliphatic hydroxyl groups is 1. The zero-order valence-electron chi connectivity index (χ0n) is 11.1. The first-order valence-corrected chi connectivity index (χ1v) is 6.54. The van der Waals surface area contributed by atoms with Crippen LogP contribution in [0.25, 0.3) is 0 Å². The molecule has 1 aromatic carbocycles. The first kappa shape index (κ1) is 14.3. The quantitative estimate of drug-likeness (QED) is 0.648. The van der Waals surface area contributed by atoms with Crippen LogP contribution >= 0.6 is 0 Å². The molecule has 1 fully saturated rings. The van der Waals surface area contributed by atoms with E-state index in [0.717, 1.165) is 24.8 Å². The van der Waals surface area contributed by atoms with Crippen LogP contribution in [0.4, 0.5) is 4.79 Å². The van der Waals surface area contributed by atoms with Crippen molar-refractivity contribution >= 4 is 12.0 Å². The van der Waals surface area contributed by atoms with E-state index in [0.29, 0.717) is 6.54 Å². The van der Waals surface area contributed by atoms with Crippen molar-refractivity contribution in [1.29, 1.82) is 0 Å². The molecule has 108 valence electrons. The van der Waals surface area contributed by atoms with Crippen LogP contribution in [0.15, 0.2) is 24.3 Å². The Hall–Kier alpha value is -2.08. The van der Waals surface area contributed by atoms with E-state index in [1.807, 2.05) is 0 Å². The van der Waals surface area contributed by atoms with Gasteiger partial charge in [-0.25, -0.2) is 9.59 Å². The molecule has 20 heavy (non-hydrogen) atoms. The van der Waals surface area contributed by atoms with Crippen LogP contribution in [0.1, 0.15) is 35.2 Å². The van der Waals surface area contributed by atoms with Crippen molar-refractivity contribution in [3.8, 4) is 0 Å². The maximum absolute atomic E-state index is 11.7. The molecule has 0 bridgehead atoms. The molecule has 0 aliphatic heterocycles. The Morgan fingerprint density at radius 3 is 2.30 bits per heavy atom. The van der Waals surface area contributed by atoms with E-state index in [2.05, 4.69) is 10.6 Å². The van der Waals surface area contributed by atoms with Gasteiger partial charge in [-0.05, 0) is 37.0 Å². The number of aromatic carboxylic acids is 1. The Morgan fingerprint density at radius 2 is 1.85 bits per heavy atom. The summed E-state index contributed by atoms with van der Waals surface area (Å²) in [5.41, 5.74) is 0.570. The minimum Gasteiger partial charge on any atom is -0.478 e. The van der Waals surface area contributed by atoms with Gasteiger partial charge in [0.05, 0.1) is 17.7 Å². The number of carbonyl (C=O) groups excluding carboxylic acids is 1. The minimum absolute atomic E-state index is 0.0479. The largest absolute Gasteiger partial charge is 0.478 e. The second-order valence-electron chi connectivity index (χ2n) is 5.10. The molecule has 2 amide bonds. The molecule has 0 aromatic heterocycles. The van der Waals surface area contributed by atoms with E-state index in [9.17, 15) is 14.7 Å². The third-order valence-electron chi connectivity index (χ3n) is 3.65. The van der Waals surface area contributed by atoms with E-state index < -0.39 is 11.5 Å². The van der Waals surface area contributed by atoms with Gasteiger partial charge in [0.15, 0.2) is 0 Å². The highest BCUT2D eigenvalue weighted by atomic mass is 16.4. The molecule has 1 aliphatic rings. The SMILES string of the molecule is O=C(NCc1ccc(C(=O)O)cc1)NC1(CO)CCC1. The van der Waals surface area contributed by atoms with Gasteiger partial charge in [-0.15, -0.1) is 0 Å². The summed E-state index contributed by atoms with van der Waals surface area (Å²) in [6.45, 7) is 0.265. The van der Waals surface area contributed by atoms with E-state index >= 15 is 0 Å². The highest BCUT2D eigenvalue weighted by Gasteiger charge is 2.37. The molecule has 6 heteroatoms. The van der Waals surface area contributed by atoms with Crippen molar-refractivity contribution in [1.82, 2.24) is 10.6 Å². The summed E-state index contributed by atoms with van der Waals surface area (Å²) in [5, 5.41) is 23.5. The summed E-state index contributed by atoms with van der Waals surface area (Å²) < 4.78 is 0. The van der Waals surface area contributed by atoms with Crippen LogP contribution < -0.4 is 10.6 Å². The molecule has 4 N–H and O–H groups in total. The smallest absolute Gasteiger partial charge is 0.335 e. The van der Waals surface area contributed by atoms with Gasteiger partial charge in [0.25, 0.3) is 0 Å². The van der Waals surface area contributed by atoms with Gasteiger partial charge < -0.3 is 20.8 Å². The summed E-state index contributed by atoms with van der Waals surface area (Å²) >= 11 is 0. The summed E-state index contributed by atoms with van der Waals surface area (Å²) in [6.07, 6.45) is 2.60. The fraction of sp³-hybridized carbons (Fsp3) is 0.429. The number of carbonyl (C=O) groups is 2. The number of aliphatic hydroxyl groups excluding tert-OH is 1. The molecule has 0 saturated heterocycles. The zero-order chi connectivity index (χ0) is 14.6. The van der Waals surface area contributed by atoms with E-state index in [1.54, 1.807) is 12.1 Å². The lowest BCUT2D eigenvalue weighted by atomic mass is 9.77. The number of amides is 2. The fourth-order valence-corrected chi connectivity index (χ4v) is 2.16. The van der Waals surface area contributed by atoms with Gasteiger partial charge in [-0.1, -0.05) is 12.1 Å². The summed E-state index contributed by atoms with van der Waals surface area (Å²) in [7, 11) is 0. The average molecular weight is 278 g/mol. The van der Waals surface area contributed by atoms with E-state index in [-0.39, 0.29) is 18.2 Å². The second kappa shape index (κ2) is 5.92. The van der Waals surface area contributed by atoms with Crippen LogP contribution in [0, 0.1) is 0 Å². The Balaban J connectivity index is 1.82. The van der Waals surface area contributed by atoms with Crippen molar-refractivity contribution in [3.05, 3.63) is 35.4 Å². The third-order valence-corrected chi connectivity index (χ3v) is 3.65. The van der Waals surface area contributed by atoms with Gasteiger partial charge in [-0.2, -0.15) is 0 Å². The van der Waals surface area contributed by atoms with Crippen LogP contribution in [0.3, 0.4) is 0 Å². The topological polar surface area (TPSA) is 98.7 Å². The lowest BCUT2D eigenvalue weighted by Crippen LogP contribution is -2.58. The predicted octanol–water partition coefficient (Wildman–Crippen LogP) is 1.10. The minimum atomic E-state index is -0.975. The van der Waals surface area contributed by atoms with Crippen molar-refractivity contribution in [2.75, 3.05) is 6.61 Å². The van der Waals surface area contributed by atoms with Crippen molar-refractivity contribution in [2.45, 2.75) is 31.3 Å². The number of carboxylic acid groups (broad SMARTS) is 1. The molecule has 1 saturated carbocycles. The standard InChI is InChI=1S/C14H18N2O4/c17-9-14(6-1-7-14)16-13(20)15-8-10-2-4-11(5-3-10)12(18)19/h2-5,17H,1,6-9H2,(H,18,19)(H2,15,16,20). The molecule has 1 aliphatic carbocycles. The first-order valence-electron chi connectivity index (χ1n) is 6.54. The van der Waals surface area contributed by atoms with Crippen molar-refractivity contribution in [2.24, 2.45) is 0 Å². The van der Waals surface area contributed by atoms with Gasteiger partial charge >= 0.3 is 12.0 Å². The number of hydrogen-bond donors (Lipinski definition) is 4. The fourth-order valence-electron chi connectivity index (χ4n) is 2.16. The average Bonchev–Trinajstić information content (AvgIpc) is 2.41. The van der Waals surface area contributed by atoms with Crippen molar-refractivity contribution in [3.63, 3.8) is 0 Å². The maximum atomic E-state index is 11.7. The second-order valence-corrected chi connectivity index (χ2v) is 5.10. The number of nitrogens with one attached hydrogen (secondary N) is 2. The normalized spacial score (nSPS) is 16.1. The van der Waals surface area contributed by atoms with Crippen molar-refractivity contribution < 1.29 is 19.8 Å². The van der Waals surface area contributed by atoms with Gasteiger partial charge in [0, 0.05) is 6.54 Å². The molecule has 0 radical (unpaired) electrons. The maximum Gasteiger partial charge on any atom is 0.335 e. The third kappa shape index (κ3) is 3.27. The molecule has 0 unspecified atom stereocenters. The Labute approximate surface area is 116 Å². The van der Waals surface area contributed by atoms with Crippen LogP contribution in [-0.4, -0.2) is 34.4 Å². The molecule has 6 nitrogen and oxygen atoms in total. The Morgan fingerprint density at radius 1 is 1.20 bits per heavy atom. The Kier molecular flexibility index (Phi) is 4.24. The monoisotopic (exact) mass is 278 g/mol. The number of urea groups is 1. The van der Waals surface area contributed by atoms with Crippen LogP contribution in [-0.2, 0) is 6.54 Å². The zero-order valence-corrected chi connectivity index (χ0v) is 11.1. The summed E-state index contributed by atoms with van der Waals surface area (Å²) in [5.74, 6) is -0.975. The molecule has 2 rings (SSSR count). The highest BCUT2D eigenvalue weighted by molar-refractivity contribution is 5.87. The van der Waals surface area contributed by atoms with Gasteiger partial charge in [0.1, 0.15) is 0 Å². The van der Waals surface area contributed by atoms with E-state index in [1.165, 1.54) is 12.1 Å². The van der Waals surface area contributed by atoms with Crippen LogP contribution in [0.2, 0.25) is 0 Å². The first-order chi connectivity index (χ1) is 9.54. The number of benzene rings is 1. The predicted molar refractivity (Wildman–Crippen MR) is 72.4 cm³/mol. The van der Waals surface area contributed by atoms with Crippen LogP contribution in [0.5, 0.6) is 0 Å².